The van der Waals surface area contributed by atoms with E-state index in [2.05, 4.69) is 25.7 Å². The maximum Gasteiger partial charge on any atom is 0.416 e. The number of rotatable bonds is 4. The van der Waals surface area contributed by atoms with E-state index in [4.69, 9.17) is 0 Å². The highest BCUT2D eigenvalue weighted by Gasteiger charge is 2.30. The van der Waals surface area contributed by atoms with Crippen molar-refractivity contribution in [2.45, 2.75) is 13.1 Å². The molecule has 0 unspecified atom stereocenters. The number of nitrogens with one attached hydrogen (secondary N) is 1. The van der Waals surface area contributed by atoms with Crippen molar-refractivity contribution in [3.05, 3.63) is 46.2 Å². The number of benzene rings is 1. The number of thiazole rings is 1. The minimum atomic E-state index is -4.46. The average molecular weight is 425 g/mol. The summed E-state index contributed by atoms with van der Waals surface area (Å²) in [6.45, 7) is 1.64. The zero-order valence-electron chi connectivity index (χ0n) is 15.4. The first-order valence-electron chi connectivity index (χ1n) is 8.04. The van der Waals surface area contributed by atoms with Gasteiger partial charge in [0.25, 0.3) is 17.6 Å². The van der Waals surface area contributed by atoms with Crippen molar-refractivity contribution in [3.8, 4) is 5.69 Å². The minimum absolute atomic E-state index is 0.184. The minimum Gasteiger partial charge on any atom is -0.344 e. The quantitative estimate of drug-likeness (QED) is 0.688. The predicted octanol–water partition coefficient (Wildman–Crippen LogP) is 2.40. The number of amides is 2. The van der Waals surface area contributed by atoms with Crippen LogP contribution in [0.15, 0.2) is 24.3 Å². The Morgan fingerprint density at radius 1 is 1.17 bits per heavy atom. The fourth-order valence-corrected chi connectivity index (χ4v) is 3.19. The van der Waals surface area contributed by atoms with Crippen LogP contribution in [0.3, 0.4) is 0 Å². The summed E-state index contributed by atoms with van der Waals surface area (Å²) in [5, 5.41) is 13.8. The lowest BCUT2D eigenvalue weighted by atomic mass is 10.2. The van der Waals surface area contributed by atoms with Crippen molar-refractivity contribution >= 4 is 28.3 Å². The number of halogens is 3. The Kier molecular flexibility index (Phi) is 5.33. The Morgan fingerprint density at radius 2 is 1.83 bits per heavy atom. The van der Waals surface area contributed by atoms with E-state index in [-0.39, 0.29) is 22.6 Å². The molecule has 0 bridgehead atoms. The van der Waals surface area contributed by atoms with Crippen molar-refractivity contribution < 1.29 is 22.8 Å². The number of anilines is 1. The Bertz CT molecular complexity index is 1060. The smallest absolute Gasteiger partial charge is 0.344 e. The van der Waals surface area contributed by atoms with Crippen molar-refractivity contribution in [1.82, 2.24) is 30.1 Å². The number of alkyl halides is 3. The van der Waals surface area contributed by atoms with Gasteiger partial charge in [0.1, 0.15) is 4.88 Å². The molecule has 3 rings (SSSR count). The van der Waals surface area contributed by atoms with Crippen LogP contribution in [-0.2, 0) is 6.18 Å². The monoisotopic (exact) mass is 425 g/mol. The van der Waals surface area contributed by atoms with Gasteiger partial charge in [-0.05, 0) is 36.4 Å². The van der Waals surface area contributed by atoms with E-state index in [0.717, 1.165) is 40.4 Å². The molecule has 0 aliphatic rings. The van der Waals surface area contributed by atoms with E-state index < -0.39 is 17.6 Å². The van der Waals surface area contributed by atoms with Crippen LogP contribution < -0.4 is 5.32 Å². The molecule has 2 heterocycles. The first-order chi connectivity index (χ1) is 13.6. The van der Waals surface area contributed by atoms with Crippen LogP contribution in [0.1, 0.15) is 31.5 Å². The lowest BCUT2D eigenvalue weighted by molar-refractivity contribution is -0.137. The number of tetrazole rings is 1. The number of carbonyl (C=O) groups excluding carboxylic acids is 2. The van der Waals surface area contributed by atoms with Gasteiger partial charge in [0, 0.05) is 14.1 Å². The van der Waals surface area contributed by atoms with E-state index >= 15 is 0 Å². The first kappa shape index (κ1) is 20.4. The molecule has 1 N–H and O–H groups in total. The van der Waals surface area contributed by atoms with Gasteiger partial charge in [-0.15, -0.1) is 15.0 Å². The van der Waals surface area contributed by atoms with Crippen LogP contribution in [0, 0.1) is 6.92 Å². The molecule has 0 aliphatic carbocycles. The molecule has 29 heavy (non-hydrogen) atoms. The molecule has 13 heteroatoms. The largest absolute Gasteiger partial charge is 0.416 e. The molecule has 3 aromatic rings. The number of hydrogen-bond donors (Lipinski definition) is 1. The van der Waals surface area contributed by atoms with Crippen LogP contribution in [0.25, 0.3) is 5.69 Å². The van der Waals surface area contributed by atoms with Crippen LogP contribution in [-0.4, -0.2) is 56.0 Å². The zero-order chi connectivity index (χ0) is 21.3. The molecule has 0 spiro atoms. The van der Waals surface area contributed by atoms with E-state index in [0.29, 0.717) is 10.6 Å². The summed E-state index contributed by atoms with van der Waals surface area (Å²) in [5.74, 6) is -1.27. The van der Waals surface area contributed by atoms with Crippen molar-refractivity contribution in [3.63, 3.8) is 0 Å². The molecule has 0 aliphatic heterocycles. The Balaban J connectivity index is 1.75. The van der Waals surface area contributed by atoms with Gasteiger partial charge in [-0.2, -0.15) is 13.2 Å². The fourth-order valence-electron chi connectivity index (χ4n) is 2.20. The second-order valence-corrected chi connectivity index (χ2v) is 7.03. The van der Waals surface area contributed by atoms with E-state index in [1.54, 1.807) is 21.0 Å². The van der Waals surface area contributed by atoms with Crippen molar-refractivity contribution in [2.75, 3.05) is 19.4 Å². The molecule has 0 atom stereocenters. The summed E-state index contributed by atoms with van der Waals surface area (Å²) in [6, 6.07) is 4.07. The van der Waals surface area contributed by atoms with Gasteiger partial charge < -0.3 is 4.90 Å². The molecule has 0 fully saturated rings. The van der Waals surface area contributed by atoms with Crippen LogP contribution in [0.2, 0.25) is 0 Å². The van der Waals surface area contributed by atoms with E-state index in [1.165, 1.54) is 4.90 Å². The van der Waals surface area contributed by atoms with Gasteiger partial charge in [-0.3, -0.25) is 14.9 Å². The van der Waals surface area contributed by atoms with Crippen LogP contribution in [0.5, 0.6) is 0 Å². The van der Waals surface area contributed by atoms with Crippen molar-refractivity contribution in [1.29, 1.82) is 0 Å². The van der Waals surface area contributed by atoms with Gasteiger partial charge in [0.05, 0.1) is 16.9 Å². The lowest BCUT2D eigenvalue weighted by Gasteiger charge is -2.07. The Morgan fingerprint density at radius 3 is 2.41 bits per heavy atom. The number of carbonyl (C=O) groups is 2. The normalized spacial score (nSPS) is 11.4. The zero-order valence-corrected chi connectivity index (χ0v) is 16.2. The molecule has 0 saturated heterocycles. The Labute approximate surface area is 166 Å². The third kappa shape index (κ3) is 4.39. The third-order valence-corrected chi connectivity index (χ3v) is 4.72. The van der Waals surface area contributed by atoms with Crippen LogP contribution >= 0.6 is 11.3 Å². The van der Waals surface area contributed by atoms with Crippen molar-refractivity contribution in [2.24, 2.45) is 0 Å². The first-order valence-corrected chi connectivity index (χ1v) is 8.86. The number of aryl methyl sites for hydroxylation is 1. The molecular weight excluding hydrogens is 411 g/mol. The Hall–Kier alpha value is -3.35. The molecular formula is C16H14F3N7O2S. The molecule has 0 radical (unpaired) electrons. The van der Waals surface area contributed by atoms with Gasteiger partial charge in [-0.1, -0.05) is 11.3 Å². The van der Waals surface area contributed by atoms with Gasteiger partial charge in [0.15, 0.2) is 5.13 Å². The molecule has 9 nitrogen and oxygen atoms in total. The highest BCUT2D eigenvalue weighted by molar-refractivity contribution is 7.17. The predicted molar refractivity (Wildman–Crippen MR) is 97.0 cm³/mol. The topological polar surface area (TPSA) is 106 Å². The summed E-state index contributed by atoms with van der Waals surface area (Å²) >= 11 is 1.00. The molecule has 2 aromatic heterocycles. The summed E-state index contributed by atoms with van der Waals surface area (Å²) in [5.41, 5.74) is -0.152. The van der Waals surface area contributed by atoms with E-state index in [1.807, 2.05) is 0 Å². The van der Waals surface area contributed by atoms with E-state index in [9.17, 15) is 22.8 Å². The standard InChI is InChI=1S/C16H14F3N7O2S/c1-8-11(14(28)25(2)3)29-15(20-8)21-13(27)12-22-24-26(23-12)10-6-4-9(5-7-10)16(17,18)19/h4-7H,1-3H3,(H,20,21,27). The van der Waals surface area contributed by atoms with Gasteiger partial charge in [0.2, 0.25) is 0 Å². The van der Waals surface area contributed by atoms with Gasteiger partial charge in [-0.25, -0.2) is 4.98 Å². The fraction of sp³-hybridized carbons (Fsp3) is 0.250. The number of aromatic nitrogens is 5. The maximum atomic E-state index is 12.6. The van der Waals surface area contributed by atoms with Gasteiger partial charge >= 0.3 is 6.18 Å². The summed E-state index contributed by atoms with van der Waals surface area (Å²) in [6.07, 6.45) is -4.46. The molecule has 0 saturated carbocycles. The summed E-state index contributed by atoms with van der Waals surface area (Å²) < 4.78 is 37.9. The summed E-state index contributed by atoms with van der Waals surface area (Å²) in [7, 11) is 3.20. The number of hydrogen-bond acceptors (Lipinski definition) is 7. The average Bonchev–Trinajstić information content (AvgIpc) is 3.27. The maximum absolute atomic E-state index is 12.6. The highest BCUT2D eigenvalue weighted by Crippen LogP contribution is 2.29. The lowest BCUT2D eigenvalue weighted by Crippen LogP contribution is -2.21. The number of nitrogens with zero attached hydrogens (tertiary/aromatic N) is 6. The molecule has 1 aromatic carbocycles. The van der Waals surface area contributed by atoms with Crippen LogP contribution in [0.4, 0.5) is 18.3 Å². The highest BCUT2D eigenvalue weighted by atomic mass is 32.1. The molecule has 152 valence electrons. The third-order valence-electron chi connectivity index (χ3n) is 3.66. The summed E-state index contributed by atoms with van der Waals surface area (Å²) in [4.78, 5) is 31.2. The second-order valence-electron chi connectivity index (χ2n) is 6.03. The SMILES string of the molecule is Cc1nc(NC(=O)c2nnn(-c3ccc(C(F)(F)F)cc3)n2)sc1C(=O)N(C)C. The second kappa shape index (κ2) is 7.58. The molecule has 2 amide bonds.